The maximum absolute atomic E-state index is 6.06. The monoisotopic (exact) mass is 347 g/mol. The fraction of sp³-hybridized carbons (Fsp3) is 0.647. The minimum Gasteiger partial charge on any atom is -0.374 e. The molecule has 0 aromatic carbocycles. The maximum atomic E-state index is 6.06. The fourth-order valence-corrected chi connectivity index (χ4v) is 4.50. The average Bonchev–Trinajstić information content (AvgIpc) is 3.20. The molecule has 130 valence electrons. The van der Waals surface area contributed by atoms with Gasteiger partial charge >= 0.3 is 0 Å². The Morgan fingerprint density at radius 3 is 2.88 bits per heavy atom. The maximum Gasteiger partial charge on any atom is 0.0897 e. The summed E-state index contributed by atoms with van der Waals surface area (Å²) in [5.41, 5.74) is 3.64. The summed E-state index contributed by atoms with van der Waals surface area (Å²) in [5.74, 6) is 0. The van der Waals surface area contributed by atoms with Gasteiger partial charge < -0.3 is 4.74 Å². The Balaban J connectivity index is 1.43. The highest BCUT2D eigenvalue weighted by Gasteiger charge is 2.40. The van der Waals surface area contributed by atoms with Crippen LogP contribution >= 0.6 is 11.3 Å². The van der Waals surface area contributed by atoms with E-state index in [-0.39, 0.29) is 0 Å². The van der Waals surface area contributed by atoms with Crippen molar-refractivity contribution in [1.29, 1.82) is 0 Å². The van der Waals surface area contributed by atoms with E-state index in [0.29, 0.717) is 12.1 Å². The van der Waals surface area contributed by atoms with Crippen molar-refractivity contribution in [1.82, 2.24) is 24.6 Å². The van der Waals surface area contributed by atoms with Crippen molar-refractivity contribution in [3.05, 3.63) is 33.5 Å². The number of thiazole rings is 1. The van der Waals surface area contributed by atoms with Crippen LogP contribution in [0.25, 0.3) is 0 Å². The summed E-state index contributed by atoms with van der Waals surface area (Å²) in [6.07, 6.45) is 2.45. The first-order chi connectivity index (χ1) is 11.6. The Labute approximate surface area is 147 Å². The van der Waals surface area contributed by atoms with Gasteiger partial charge in [-0.15, -0.1) is 11.3 Å². The minimum atomic E-state index is 0.315. The molecule has 0 saturated carbocycles. The van der Waals surface area contributed by atoms with E-state index in [1.165, 1.54) is 11.3 Å². The summed E-state index contributed by atoms with van der Waals surface area (Å²) < 4.78 is 7.96. The Morgan fingerprint density at radius 1 is 1.29 bits per heavy atom. The van der Waals surface area contributed by atoms with Crippen molar-refractivity contribution < 1.29 is 4.74 Å². The summed E-state index contributed by atoms with van der Waals surface area (Å²) in [7, 11) is 1.99. The molecule has 0 bridgehead atoms. The second-order valence-electron chi connectivity index (χ2n) is 6.91. The van der Waals surface area contributed by atoms with Gasteiger partial charge in [-0.05, 0) is 13.8 Å². The minimum absolute atomic E-state index is 0.315. The number of nitrogens with zero attached hydrogens (tertiary/aromatic N) is 5. The lowest BCUT2D eigenvalue weighted by molar-refractivity contribution is -0.0507. The van der Waals surface area contributed by atoms with Gasteiger partial charge in [-0.2, -0.15) is 5.10 Å². The lowest BCUT2D eigenvalue weighted by Crippen LogP contribution is -2.50. The Kier molecular flexibility index (Phi) is 4.42. The van der Waals surface area contributed by atoms with Crippen LogP contribution in [0.5, 0.6) is 0 Å². The van der Waals surface area contributed by atoms with E-state index in [1.807, 2.05) is 11.7 Å². The molecule has 2 fully saturated rings. The van der Waals surface area contributed by atoms with Crippen molar-refractivity contribution in [3.63, 3.8) is 0 Å². The number of likely N-dealkylation sites (tertiary alicyclic amines) is 1. The SMILES string of the molecule is Cc1nc(CN2CCO[C@H]3CN(Cc4cn(C)nc4C)C[C@@H]32)cs1. The van der Waals surface area contributed by atoms with Crippen LogP contribution in [0.15, 0.2) is 11.6 Å². The predicted octanol–water partition coefficient (Wildman–Crippen LogP) is 1.58. The first kappa shape index (κ1) is 16.2. The zero-order valence-electron chi connectivity index (χ0n) is 14.6. The highest BCUT2D eigenvalue weighted by Crippen LogP contribution is 2.26. The van der Waals surface area contributed by atoms with E-state index in [4.69, 9.17) is 4.74 Å². The largest absolute Gasteiger partial charge is 0.374 e. The molecule has 2 aliphatic heterocycles. The highest BCUT2D eigenvalue weighted by molar-refractivity contribution is 7.09. The average molecular weight is 347 g/mol. The van der Waals surface area contributed by atoms with E-state index < -0.39 is 0 Å². The van der Waals surface area contributed by atoms with Gasteiger partial charge in [0.05, 0.1) is 35.1 Å². The van der Waals surface area contributed by atoms with Crippen molar-refractivity contribution in [2.24, 2.45) is 7.05 Å². The highest BCUT2D eigenvalue weighted by atomic mass is 32.1. The number of rotatable bonds is 4. The summed E-state index contributed by atoms with van der Waals surface area (Å²) in [5, 5.41) is 7.79. The summed E-state index contributed by atoms with van der Waals surface area (Å²) in [6.45, 7) is 9.94. The lowest BCUT2D eigenvalue weighted by atomic mass is 10.1. The third kappa shape index (κ3) is 3.26. The van der Waals surface area contributed by atoms with Crippen molar-refractivity contribution in [2.45, 2.75) is 39.1 Å². The summed E-state index contributed by atoms with van der Waals surface area (Å²) >= 11 is 1.74. The molecule has 4 rings (SSSR count). The number of hydrogen-bond donors (Lipinski definition) is 0. The van der Waals surface area contributed by atoms with Gasteiger partial charge in [0.15, 0.2) is 0 Å². The molecule has 2 aromatic rings. The van der Waals surface area contributed by atoms with E-state index in [0.717, 1.165) is 50.0 Å². The second kappa shape index (κ2) is 6.55. The standard InChI is InChI=1S/C17H25N5OS/c1-12-14(6-20(3)19-12)7-21-9-16-17(10-21)23-5-4-22(16)8-15-11-24-13(2)18-15/h6,11,16-17H,4-5,7-10H2,1-3H3/t16-,17-/m0/s1. The molecule has 0 spiro atoms. The molecule has 2 saturated heterocycles. The predicted molar refractivity (Wildman–Crippen MR) is 94.0 cm³/mol. The van der Waals surface area contributed by atoms with Crippen molar-refractivity contribution in [3.8, 4) is 0 Å². The van der Waals surface area contributed by atoms with Gasteiger partial charge in [0, 0.05) is 56.9 Å². The molecule has 2 aromatic heterocycles. The zero-order valence-corrected chi connectivity index (χ0v) is 15.4. The molecule has 0 aliphatic carbocycles. The number of fused-ring (bicyclic) bond motifs is 1. The third-order valence-corrected chi connectivity index (χ3v) is 5.86. The number of ether oxygens (including phenoxy) is 1. The van der Waals surface area contributed by atoms with Gasteiger partial charge in [-0.3, -0.25) is 14.5 Å². The van der Waals surface area contributed by atoms with Crippen LogP contribution in [0.4, 0.5) is 0 Å². The van der Waals surface area contributed by atoms with Crippen LogP contribution in [-0.2, 0) is 24.9 Å². The van der Waals surface area contributed by atoms with E-state index >= 15 is 0 Å². The fourth-order valence-electron chi connectivity index (χ4n) is 3.89. The Morgan fingerprint density at radius 2 is 2.17 bits per heavy atom. The summed E-state index contributed by atoms with van der Waals surface area (Å²) in [4.78, 5) is 9.69. The van der Waals surface area contributed by atoms with Crippen LogP contribution in [0.2, 0.25) is 0 Å². The van der Waals surface area contributed by atoms with Crippen molar-refractivity contribution >= 4 is 11.3 Å². The zero-order chi connectivity index (χ0) is 16.7. The van der Waals surface area contributed by atoms with Crippen molar-refractivity contribution in [2.75, 3.05) is 26.2 Å². The molecular weight excluding hydrogens is 322 g/mol. The van der Waals surface area contributed by atoms with Gasteiger partial charge in [0.1, 0.15) is 0 Å². The van der Waals surface area contributed by atoms with Crippen LogP contribution < -0.4 is 0 Å². The van der Waals surface area contributed by atoms with E-state index in [2.05, 4.69) is 45.3 Å². The van der Waals surface area contributed by atoms with Crippen LogP contribution in [-0.4, -0.2) is 63.0 Å². The van der Waals surface area contributed by atoms with Gasteiger partial charge in [0.2, 0.25) is 0 Å². The third-order valence-electron chi connectivity index (χ3n) is 5.03. The molecule has 2 atom stereocenters. The normalized spacial score (nSPS) is 25.3. The van der Waals surface area contributed by atoms with E-state index in [1.54, 1.807) is 11.3 Å². The van der Waals surface area contributed by atoms with Crippen LogP contribution in [0.3, 0.4) is 0 Å². The molecular formula is C17H25N5OS. The number of aromatic nitrogens is 3. The molecule has 2 aliphatic rings. The molecule has 0 radical (unpaired) electrons. The van der Waals surface area contributed by atoms with Gasteiger partial charge in [0.25, 0.3) is 0 Å². The topological polar surface area (TPSA) is 46.4 Å². The van der Waals surface area contributed by atoms with Crippen LogP contribution in [0, 0.1) is 13.8 Å². The first-order valence-corrected chi connectivity index (χ1v) is 9.44. The molecule has 7 heteroatoms. The van der Waals surface area contributed by atoms with Crippen LogP contribution in [0.1, 0.15) is 22.0 Å². The number of morpholine rings is 1. The molecule has 0 amide bonds. The van der Waals surface area contributed by atoms with E-state index in [9.17, 15) is 0 Å². The molecule has 0 unspecified atom stereocenters. The quantitative estimate of drug-likeness (QED) is 0.840. The molecule has 24 heavy (non-hydrogen) atoms. The van der Waals surface area contributed by atoms with Gasteiger partial charge in [-0.1, -0.05) is 0 Å². The van der Waals surface area contributed by atoms with Gasteiger partial charge in [-0.25, -0.2) is 4.98 Å². The number of hydrogen-bond acceptors (Lipinski definition) is 6. The first-order valence-electron chi connectivity index (χ1n) is 8.56. The molecule has 0 N–H and O–H groups in total. The summed E-state index contributed by atoms with van der Waals surface area (Å²) in [6, 6.07) is 0.470. The molecule has 6 nitrogen and oxygen atoms in total. The second-order valence-corrected chi connectivity index (χ2v) is 7.97. The lowest BCUT2D eigenvalue weighted by Gasteiger charge is -2.36. The molecule has 4 heterocycles. The number of aryl methyl sites for hydroxylation is 3. The Hall–Kier alpha value is -1.28. The Bertz CT molecular complexity index is 712. The smallest absolute Gasteiger partial charge is 0.0897 e.